The number of nitrogens with zero attached hydrogens (tertiary/aromatic N) is 2. The molecule has 1 N–H and O–H groups in total. The lowest BCUT2D eigenvalue weighted by molar-refractivity contribution is -0.120. The van der Waals surface area contributed by atoms with Gasteiger partial charge in [-0.05, 0) is 44.3 Å². The van der Waals surface area contributed by atoms with Crippen molar-refractivity contribution in [1.29, 1.82) is 5.26 Å². The number of carbonyl (C=O) groups is 1. The molecule has 0 radical (unpaired) electrons. The normalized spacial score (nSPS) is 18.6. The Labute approximate surface area is 124 Å². The maximum absolute atomic E-state index is 12.3. The number of nitrogens with one attached hydrogen (secondary N) is 1. The molecule has 108 valence electrons. The van der Waals surface area contributed by atoms with E-state index in [0.717, 1.165) is 13.1 Å². The van der Waals surface area contributed by atoms with Gasteiger partial charge in [0, 0.05) is 0 Å². The Kier molecular flexibility index (Phi) is 5.57. The molecule has 4 nitrogen and oxygen atoms in total. The van der Waals surface area contributed by atoms with Crippen molar-refractivity contribution in [2.24, 2.45) is 0 Å². The van der Waals surface area contributed by atoms with E-state index in [1.165, 1.54) is 43.4 Å². The smallest absolute Gasteiger partial charge is 0.242 e. The predicted octanol–water partition coefficient (Wildman–Crippen LogP) is 3.21. The summed E-state index contributed by atoms with van der Waals surface area (Å²) in [4.78, 5) is 14.6. The number of rotatable bonds is 3. The van der Waals surface area contributed by atoms with Crippen molar-refractivity contribution in [2.75, 3.05) is 18.4 Å². The molecule has 1 aliphatic rings. The van der Waals surface area contributed by atoms with Crippen LogP contribution >= 0.6 is 11.3 Å². The predicted molar refractivity (Wildman–Crippen MR) is 81.8 cm³/mol. The molecule has 1 amide bonds. The summed E-state index contributed by atoms with van der Waals surface area (Å²) in [6, 6.07) is 3.70. The average Bonchev–Trinajstić information content (AvgIpc) is 2.85. The molecular weight excluding hydrogens is 270 g/mol. The SMILES string of the molecule is C[C@@H](C(=O)Nc1sccc1C#N)N1CCCCCCC1. The molecule has 5 heteroatoms. The minimum atomic E-state index is -0.137. The van der Waals surface area contributed by atoms with Gasteiger partial charge in [-0.1, -0.05) is 19.3 Å². The lowest BCUT2D eigenvalue weighted by Crippen LogP contribution is -2.43. The molecule has 1 aromatic heterocycles. The first-order valence-corrected chi connectivity index (χ1v) is 8.13. The van der Waals surface area contributed by atoms with Crippen molar-refractivity contribution in [1.82, 2.24) is 4.90 Å². The lowest BCUT2D eigenvalue weighted by atomic mass is 10.1. The second kappa shape index (κ2) is 7.41. The number of thiophene rings is 1. The van der Waals surface area contributed by atoms with E-state index in [-0.39, 0.29) is 11.9 Å². The average molecular weight is 291 g/mol. The summed E-state index contributed by atoms with van der Waals surface area (Å²) in [5.74, 6) is -0.00970. The van der Waals surface area contributed by atoms with Gasteiger partial charge in [0.2, 0.25) is 5.91 Å². The Morgan fingerprint density at radius 2 is 2.00 bits per heavy atom. The third kappa shape index (κ3) is 3.81. The number of nitriles is 1. The highest BCUT2D eigenvalue weighted by molar-refractivity contribution is 7.14. The third-order valence-electron chi connectivity index (χ3n) is 3.84. The number of anilines is 1. The standard InChI is InChI=1S/C15H21N3OS/c1-12(18-8-5-3-2-4-6-9-18)14(19)17-15-13(11-16)7-10-20-15/h7,10,12H,2-6,8-9H2,1H3,(H,17,19)/t12-/m0/s1. The number of amides is 1. The van der Waals surface area contributed by atoms with Crippen LogP contribution in [0.25, 0.3) is 0 Å². The van der Waals surface area contributed by atoms with E-state index in [1.54, 1.807) is 6.07 Å². The highest BCUT2D eigenvalue weighted by Crippen LogP contribution is 2.23. The molecule has 0 bridgehead atoms. The largest absolute Gasteiger partial charge is 0.315 e. The van der Waals surface area contributed by atoms with E-state index in [1.807, 2.05) is 12.3 Å². The molecule has 0 unspecified atom stereocenters. The van der Waals surface area contributed by atoms with E-state index in [2.05, 4.69) is 16.3 Å². The van der Waals surface area contributed by atoms with Gasteiger partial charge in [0.15, 0.2) is 0 Å². The van der Waals surface area contributed by atoms with Gasteiger partial charge in [0.25, 0.3) is 0 Å². The Bertz CT molecular complexity index is 484. The molecule has 1 fully saturated rings. The van der Waals surface area contributed by atoms with Crippen LogP contribution in [-0.4, -0.2) is 29.9 Å². The van der Waals surface area contributed by atoms with Crippen molar-refractivity contribution < 1.29 is 4.79 Å². The highest BCUT2D eigenvalue weighted by atomic mass is 32.1. The summed E-state index contributed by atoms with van der Waals surface area (Å²) in [5, 5.41) is 14.4. The summed E-state index contributed by atoms with van der Waals surface area (Å²) in [5.41, 5.74) is 0.545. The van der Waals surface area contributed by atoms with Crippen molar-refractivity contribution in [3.63, 3.8) is 0 Å². The molecular formula is C15H21N3OS. The van der Waals surface area contributed by atoms with Gasteiger partial charge in [-0.15, -0.1) is 11.3 Å². The third-order valence-corrected chi connectivity index (χ3v) is 4.67. The lowest BCUT2D eigenvalue weighted by Gasteiger charge is -2.29. The number of likely N-dealkylation sites (tertiary alicyclic amines) is 1. The summed E-state index contributed by atoms with van der Waals surface area (Å²) in [6.07, 6.45) is 6.16. The maximum atomic E-state index is 12.3. The van der Waals surface area contributed by atoms with Crippen LogP contribution in [0.4, 0.5) is 5.00 Å². The van der Waals surface area contributed by atoms with Crippen LogP contribution in [-0.2, 0) is 4.79 Å². The first-order chi connectivity index (χ1) is 9.72. The molecule has 1 saturated heterocycles. The van der Waals surface area contributed by atoms with E-state index < -0.39 is 0 Å². The topological polar surface area (TPSA) is 56.1 Å². The molecule has 0 saturated carbocycles. The van der Waals surface area contributed by atoms with Crippen molar-refractivity contribution in [3.05, 3.63) is 17.0 Å². The van der Waals surface area contributed by atoms with Gasteiger partial charge in [-0.2, -0.15) is 5.26 Å². The molecule has 20 heavy (non-hydrogen) atoms. The first-order valence-electron chi connectivity index (χ1n) is 7.25. The van der Waals surface area contributed by atoms with E-state index in [0.29, 0.717) is 10.6 Å². The molecule has 0 aliphatic carbocycles. The molecule has 0 spiro atoms. The van der Waals surface area contributed by atoms with Crippen LogP contribution in [0.2, 0.25) is 0 Å². The van der Waals surface area contributed by atoms with Gasteiger partial charge in [0.1, 0.15) is 11.1 Å². The monoisotopic (exact) mass is 291 g/mol. The van der Waals surface area contributed by atoms with Crippen LogP contribution in [0, 0.1) is 11.3 Å². The van der Waals surface area contributed by atoms with Gasteiger partial charge >= 0.3 is 0 Å². The van der Waals surface area contributed by atoms with Crippen molar-refractivity contribution in [3.8, 4) is 6.07 Å². The molecule has 1 aromatic rings. The summed E-state index contributed by atoms with van der Waals surface area (Å²) in [6.45, 7) is 3.94. The fraction of sp³-hybridized carbons (Fsp3) is 0.600. The Morgan fingerprint density at radius 1 is 1.35 bits per heavy atom. The van der Waals surface area contributed by atoms with Gasteiger partial charge in [-0.3, -0.25) is 9.69 Å². The zero-order valence-electron chi connectivity index (χ0n) is 11.9. The summed E-state index contributed by atoms with van der Waals surface area (Å²) in [7, 11) is 0. The van der Waals surface area contributed by atoms with Gasteiger partial charge in [0.05, 0.1) is 11.6 Å². The zero-order valence-corrected chi connectivity index (χ0v) is 12.7. The van der Waals surface area contributed by atoms with E-state index in [9.17, 15) is 4.79 Å². The highest BCUT2D eigenvalue weighted by Gasteiger charge is 2.22. The molecule has 1 aliphatic heterocycles. The quantitative estimate of drug-likeness (QED) is 0.930. The van der Waals surface area contributed by atoms with Crippen LogP contribution < -0.4 is 5.32 Å². The first kappa shape index (κ1) is 15.0. The minimum Gasteiger partial charge on any atom is -0.315 e. The molecule has 1 atom stereocenters. The number of hydrogen-bond acceptors (Lipinski definition) is 4. The Hall–Kier alpha value is -1.38. The second-order valence-corrected chi connectivity index (χ2v) is 6.16. The van der Waals surface area contributed by atoms with Crippen LogP contribution in [0.15, 0.2) is 11.4 Å². The van der Waals surface area contributed by atoms with E-state index >= 15 is 0 Å². The summed E-state index contributed by atoms with van der Waals surface area (Å²) >= 11 is 1.40. The molecule has 2 heterocycles. The fourth-order valence-electron chi connectivity index (χ4n) is 2.54. The molecule has 0 aromatic carbocycles. The van der Waals surface area contributed by atoms with Crippen LogP contribution in [0.5, 0.6) is 0 Å². The van der Waals surface area contributed by atoms with E-state index in [4.69, 9.17) is 5.26 Å². The summed E-state index contributed by atoms with van der Waals surface area (Å²) < 4.78 is 0. The maximum Gasteiger partial charge on any atom is 0.242 e. The van der Waals surface area contributed by atoms with Crippen molar-refractivity contribution in [2.45, 2.75) is 45.1 Å². The van der Waals surface area contributed by atoms with Crippen LogP contribution in [0.1, 0.15) is 44.6 Å². The van der Waals surface area contributed by atoms with Gasteiger partial charge < -0.3 is 5.32 Å². The second-order valence-electron chi connectivity index (χ2n) is 5.24. The molecule has 2 rings (SSSR count). The number of hydrogen-bond donors (Lipinski definition) is 1. The number of carbonyl (C=O) groups excluding carboxylic acids is 1. The van der Waals surface area contributed by atoms with Crippen molar-refractivity contribution >= 4 is 22.2 Å². The van der Waals surface area contributed by atoms with Gasteiger partial charge in [-0.25, -0.2) is 0 Å². The Morgan fingerprint density at radius 3 is 2.65 bits per heavy atom. The Balaban J connectivity index is 1.95. The van der Waals surface area contributed by atoms with Crippen LogP contribution in [0.3, 0.4) is 0 Å². The minimum absolute atomic E-state index is 0.00970. The zero-order chi connectivity index (χ0) is 14.4. The fourth-order valence-corrected chi connectivity index (χ4v) is 3.28.